The maximum absolute atomic E-state index is 12.4. The number of carbonyl (C=O) groups is 2. The standard InChI is InChI=1S/C19H20N2O5/c1-21-13-6-4-5-7-14(13)26-17(19(21)23)11-20-18(22)12-8-9-15(24-2)16(10-12)25-3/h4-10,17H,11H2,1-3H3,(H,20,22). The van der Waals surface area contributed by atoms with Crippen molar-refractivity contribution in [3.05, 3.63) is 48.0 Å². The largest absolute Gasteiger partial charge is 0.493 e. The third-order valence-corrected chi connectivity index (χ3v) is 4.20. The fourth-order valence-electron chi connectivity index (χ4n) is 2.77. The van der Waals surface area contributed by atoms with Gasteiger partial charge < -0.3 is 24.4 Å². The molecule has 0 radical (unpaired) electrons. The van der Waals surface area contributed by atoms with Gasteiger partial charge in [0, 0.05) is 12.6 Å². The summed E-state index contributed by atoms with van der Waals surface area (Å²) < 4.78 is 16.1. The fraction of sp³-hybridized carbons (Fsp3) is 0.263. The van der Waals surface area contributed by atoms with Crippen molar-refractivity contribution >= 4 is 17.5 Å². The van der Waals surface area contributed by atoms with Crippen LogP contribution in [0.4, 0.5) is 5.69 Å². The quantitative estimate of drug-likeness (QED) is 0.885. The fourth-order valence-corrected chi connectivity index (χ4v) is 2.77. The predicted octanol–water partition coefficient (Wildman–Crippen LogP) is 1.86. The summed E-state index contributed by atoms with van der Waals surface area (Å²) in [5, 5.41) is 2.73. The lowest BCUT2D eigenvalue weighted by molar-refractivity contribution is -0.125. The number of para-hydroxylation sites is 2. The van der Waals surface area contributed by atoms with E-state index in [4.69, 9.17) is 14.2 Å². The van der Waals surface area contributed by atoms with Crippen LogP contribution in [-0.2, 0) is 4.79 Å². The number of hydrogen-bond donors (Lipinski definition) is 1. The van der Waals surface area contributed by atoms with Crippen LogP contribution in [0.1, 0.15) is 10.4 Å². The van der Waals surface area contributed by atoms with E-state index in [0.717, 1.165) is 0 Å². The van der Waals surface area contributed by atoms with Crippen molar-refractivity contribution in [1.82, 2.24) is 5.32 Å². The van der Waals surface area contributed by atoms with Gasteiger partial charge in [-0.2, -0.15) is 0 Å². The second-order valence-corrected chi connectivity index (χ2v) is 5.75. The summed E-state index contributed by atoms with van der Waals surface area (Å²) in [6.45, 7) is 0.0602. The number of benzene rings is 2. The Morgan fingerprint density at radius 2 is 1.88 bits per heavy atom. The SMILES string of the molecule is COc1ccc(C(=O)NCC2Oc3ccccc3N(C)C2=O)cc1OC. The maximum atomic E-state index is 12.4. The highest BCUT2D eigenvalue weighted by molar-refractivity contribution is 6.00. The normalized spacial score (nSPS) is 15.7. The number of carbonyl (C=O) groups excluding carboxylic acids is 2. The van der Waals surface area contributed by atoms with Gasteiger partial charge in [0.15, 0.2) is 17.6 Å². The second kappa shape index (κ2) is 7.35. The smallest absolute Gasteiger partial charge is 0.269 e. The van der Waals surface area contributed by atoms with E-state index in [1.807, 2.05) is 18.2 Å². The van der Waals surface area contributed by atoms with Crippen LogP contribution in [0.3, 0.4) is 0 Å². The van der Waals surface area contributed by atoms with Crippen LogP contribution in [0.25, 0.3) is 0 Å². The predicted molar refractivity (Wildman–Crippen MR) is 96.1 cm³/mol. The zero-order chi connectivity index (χ0) is 18.7. The van der Waals surface area contributed by atoms with E-state index in [0.29, 0.717) is 28.5 Å². The molecule has 2 amide bonds. The average Bonchev–Trinajstić information content (AvgIpc) is 2.68. The molecule has 26 heavy (non-hydrogen) atoms. The summed E-state index contributed by atoms with van der Waals surface area (Å²) in [7, 11) is 4.71. The molecule has 0 spiro atoms. The minimum Gasteiger partial charge on any atom is -0.493 e. The molecule has 0 aliphatic carbocycles. The Labute approximate surface area is 151 Å². The van der Waals surface area contributed by atoms with Gasteiger partial charge in [-0.15, -0.1) is 0 Å². The highest BCUT2D eigenvalue weighted by Gasteiger charge is 2.32. The monoisotopic (exact) mass is 356 g/mol. The molecular formula is C19H20N2O5. The first-order valence-corrected chi connectivity index (χ1v) is 8.08. The molecule has 3 rings (SSSR count). The summed E-state index contributed by atoms with van der Waals surface area (Å²) in [5.74, 6) is 1.06. The molecule has 2 aromatic rings. The number of nitrogens with zero attached hydrogens (tertiary/aromatic N) is 1. The van der Waals surface area contributed by atoms with Crippen molar-refractivity contribution in [2.45, 2.75) is 6.10 Å². The van der Waals surface area contributed by atoms with Crippen LogP contribution in [0, 0.1) is 0 Å². The number of nitrogens with one attached hydrogen (secondary N) is 1. The zero-order valence-electron chi connectivity index (χ0n) is 14.8. The first-order valence-electron chi connectivity index (χ1n) is 8.08. The maximum Gasteiger partial charge on any atom is 0.269 e. The molecule has 0 bridgehead atoms. The van der Waals surface area contributed by atoms with Crippen LogP contribution in [0.5, 0.6) is 17.2 Å². The first-order chi connectivity index (χ1) is 12.5. The van der Waals surface area contributed by atoms with Crippen molar-refractivity contribution in [3.8, 4) is 17.2 Å². The second-order valence-electron chi connectivity index (χ2n) is 5.75. The third kappa shape index (κ3) is 3.28. The number of fused-ring (bicyclic) bond motifs is 1. The number of methoxy groups -OCH3 is 2. The third-order valence-electron chi connectivity index (χ3n) is 4.20. The molecule has 7 nitrogen and oxygen atoms in total. The minimum atomic E-state index is -0.779. The van der Waals surface area contributed by atoms with Gasteiger partial charge in [-0.05, 0) is 30.3 Å². The van der Waals surface area contributed by atoms with E-state index in [2.05, 4.69) is 5.32 Å². The summed E-state index contributed by atoms with van der Waals surface area (Å²) in [6.07, 6.45) is -0.779. The number of hydrogen-bond acceptors (Lipinski definition) is 5. The van der Waals surface area contributed by atoms with E-state index >= 15 is 0 Å². The number of amides is 2. The van der Waals surface area contributed by atoms with Crippen molar-refractivity contribution in [3.63, 3.8) is 0 Å². The molecular weight excluding hydrogens is 336 g/mol. The first kappa shape index (κ1) is 17.6. The Morgan fingerprint density at radius 1 is 1.15 bits per heavy atom. The number of anilines is 1. The Morgan fingerprint density at radius 3 is 2.62 bits per heavy atom. The lowest BCUT2D eigenvalue weighted by atomic mass is 10.1. The topological polar surface area (TPSA) is 77.1 Å². The molecule has 2 aromatic carbocycles. The molecule has 1 N–H and O–H groups in total. The number of ether oxygens (including phenoxy) is 3. The molecule has 7 heteroatoms. The van der Waals surface area contributed by atoms with Gasteiger partial charge >= 0.3 is 0 Å². The molecule has 1 unspecified atom stereocenters. The van der Waals surface area contributed by atoms with Gasteiger partial charge in [-0.25, -0.2) is 0 Å². The summed E-state index contributed by atoms with van der Waals surface area (Å²) >= 11 is 0. The molecule has 0 aromatic heterocycles. The van der Waals surface area contributed by atoms with Crippen molar-refractivity contribution in [2.75, 3.05) is 32.7 Å². The molecule has 1 heterocycles. The Hall–Kier alpha value is -3.22. The van der Waals surface area contributed by atoms with Gasteiger partial charge in [0.2, 0.25) is 0 Å². The molecule has 0 fully saturated rings. The van der Waals surface area contributed by atoms with Gasteiger partial charge in [-0.1, -0.05) is 12.1 Å². The van der Waals surface area contributed by atoms with Crippen LogP contribution in [0.2, 0.25) is 0 Å². The van der Waals surface area contributed by atoms with Crippen molar-refractivity contribution < 1.29 is 23.8 Å². The molecule has 0 saturated heterocycles. The van der Waals surface area contributed by atoms with Crippen molar-refractivity contribution in [1.29, 1.82) is 0 Å². The highest BCUT2D eigenvalue weighted by atomic mass is 16.5. The van der Waals surface area contributed by atoms with Crippen molar-refractivity contribution in [2.24, 2.45) is 0 Å². The average molecular weight is 356 g/mol. The van der Waals surface area contributed by atoms with Crippen LogP contribution >= 0.6 is 0 Å². The molecule has 0 saturated carbocycles. The highest BCUT2D eigenvalue weighted by Crippen LogP contribution is 2.32. The summed E-state index contributed by atoms with van der Waals surface area (Å²) in [4.78, 5) is 26.4. The molecule has 1 atom stereocenters. The van der Waals surface area contributed by atoms with E-state index in [-0.39, 0.29) is 18.4 Å². The molecule has 1 aliphatic rings. The van der Waals surface area contributed by atoms with E-state index < -0.39 is 6.10 Å². The van der Waals surface area contributed by atoms with Gasteiger partial charge in [0.1, 0.15) is 5.75 Å². The molecule has 1 aliphatic heterocycles. The van der Waals surface area contributed by atoms with Gasteiger partial charge in [-0.3, -0.25) is 9.59 Å². The van der Waals surface area contributed by atoms with Crippen LogP contribution in [0.15, 0.2) is 42.5 Å². The Kier molecular flexibility index (Phi) is 4.97. The zero-order valence-corrected chi connectivity index (χ0v) is 14.8. The van der Waals surface area contributed by atoms with E-state index in [9.17, 15) is 9.59 Å². The van der Waals surface area contributed by atoms with E-state index in [1.54, 1.807) is 31.3 Å². The molecule has 136 valence electrons. The van der Waals surface area contributed by atoms with Crippen LogP contribution < -0.4 is 24.4 Å². The lowest BCUT2D eigenvalue weighted by Gasteiger charge is -2.31. The van der Waals surface area contributed by atoms with E-state index in [1.165, 1.54) is 19.1 Å². The summed E-state index contributed by atoms with van der Waals surface area (Å²) in [6, 6.07) is 12.1. The number of rotatable bonds is 5. The minimum absolute atomic E-state index is 0.0602. The summed E-state index contributed by atoms with van der Waals surface area (Å²) in [5.41, 5.74) is 1.11. The Bertz CT molecular complexity index is 836. The van der Waals surface area contributed by atoms with Crippen LogP contribution in [-0.4, -0.2) is 45.7 Å². The number of likely N-dealkylation sites (N-methyl/N-ethyl adjacent to an activating group) is 1. The Balaban J connectivity index is 1.69. The van der Waals surface area contributed by atoms with Gasteiger partial charge in [0.25, 0.3) is 11.8 Å². The lowest BCUT2D eigenvalue weighted by Crippen LogP contribution is -2.49. The van der Waals surface area contributed by atoms with Gasteiger partial charge in [0.05, 0.1) is 26.5 Å².